The SMILES string of the molecule is C[Si](C)(C1=CC=CC1)C1=CC=CC1.[H-].[Na+]. The summed E-state index contributed by atoms with van der Waals surface area (Å²) in [5.41, 5.74) is 0. The Morgan fingerprint density at radius 2 is 1.43 bits per heavy atom. The van der Waals surface area contributed by atoms with E-state index in [0.29, 0.717) is 0 Å². The van der Waals surface area contributed by atoms with Crippen LogP contribution in [-0.4, -0.2) is 8.07 Å². The minimum Gasteiger partial charge on any atom is -1.00 e. The van der Waals surface area contributed by atoms with E-state index in [1.165, 1.54) is 12.8 Å². The van der Waals surface area contributed by atoms with Gasteiger partial charge in [0.15, 0.2) is 0 Å². The smallest absolute Gasteiger partial charge is 1.00 e. The second-order valence-corrected chi connectivity index (χ2v) is 8.81. The second-order valence-electron chi connectivity index (χ2n) is 4.27. The Balaban J connectivity index is 0.000000980. The maximum atomic E-state index is 2.46. The maximum absolute atomic E-state index is 2.46. The first kappa shape index (κ1) is 12.2. The molecule has 0 saturated carbocycles. The van der Waals surface area contributed by atoms with Crippen LogP contribution in [-0.2, 0) is 0 Å². The van der Waals surface area contributed by atoms with Gasteiger partial charge in [0, 0.05) is 0 Å². The number of allylic oxidation sites excluding steroid dienone is 8. The van der Waals surface area contributed by atoms with Gasteiger partial charge in [-0.05, 0) is 12.8 Å². The molecule has 0 heterocycles. The minimum atomic E-state index is -1.24. The van der Waals surface area contributed by atoms with E-state index in [1.54, 1.807) is 10.4 Å². The molecule has 0 atom stereocenters. The molecule has 0 aromatic rings. The van der Waals surface area contributed by atoms with Crippen molar-refractivity contribution in [2.75, 3.05) is 0 Å². The van der Waals surface area contributed by atoms with Gasteiger partial charge in [-0.2, -0.15) is 0 Å². The predicted molar refractivity (Wildman–Crippen MR) is 62.3 cm³/mol. The van der Waals surface area contributed by atoms with E-state index in [4.69, 9.17) is 0 Å². The van der Waals surface area contributed by atoms with Gasteiger partial charge in [-0.25, -0.2) is 0 Å². The molecule has 0 unspecified atom stereocenters. The molecule has 0 nitrogen and oxygen atoms in total. The summed E-state index contributed by atoms with van der Waals surface area (Å²) >= 11 is 0. The molecule has 70 valence electrons. The van der Waals surface area contributed by atoms with Crippen molar-refractivity contribution in [3.63, 3.8) is 0 Å². The Morgan fingerprint density at radius 3 is 1.71 bits per heavy atom. The minimum absolute atomic E-state index is 0. The number of hydrogen-bond donors (Lipinski definition) is 0. The van der Waals surface area contributed by atoms with E-state index in [2.05, 4.69) is 49.6 Å². The van der Waals surface area contributed by atoms with Gasteiger partial charge in [0.1, 0.15) is 8.07 Å². The fourth-order valence-electron chi connectivity index (χ4n) is 2.03. The first-order chi connectivity index (χ1) is 6.21. The first-order valence-electron chi connectivity index (χ1n) is 4.93. The van der Waals surface area contributed by atoms with Crippen LogP contribution < -0.4 is 29.6 Å². The summed E-state index contributed by atoms with van der Waals surface area (Å²) in [5, 5.41) is 3.37. The Hall–Kier alpha value is 0.177. The summed E-state index contributed by atoms with van der Waals surface area (Å²) in [6, 6.07) is 0. The molecule has 0 aliphatic heterocycles. The predicted octanol–water partition coefficient (Wildman–Crippen LogP) is 0.662. The first-order valence-corrected chi connectivity index (χ1v) is 7.93. The molecule has 0 aromatic carbocycles. The van der Waals surface area contributed by atoms with Crippen molar-refractivity contribution in [2.45, 2.75) is 25.9 Å². The summed E-state index contributed by atoms with van der Waals surface area (Å²) in [6.07, 6.45) is 16.0. The van der Waals surface area contributed by atoms with Gasteiger partial charge >= 0.3 is 29.6 Å². The normalized spacial score (nSPS) is 19.3. The Labute approximate surface area is 111 Å². The van der Waals surface area contributed by atoms with E-state index < -0.39 is 8.07 Å². The molecule has 2 rings (SSSR count). The van der Waals surface area contributed by atoms with Gasteiger partial charge in [-0.1, -0.05) is 59.9 Å². The average Bonchev–Trinajstić information content (AvgIpc) is 2.78. The molecule has 0 bridgehead atoms. The maximum Gasteiger partial charge on any atom is 1.00 e. The monoisotopic (exact) mass is 212 g/mol. The topological polar surface area (TPSA) is 0 Å². The van der Waals surface area contributed by atoms with E-state index in [1.807, 2.05) is 0 Å². The third-order valence-corrected chi connectivity index (χ3v) is 7.10. The van der Waals surface area contributed by atoms with Gasteiger partial charge < -0.3 is 1.43 Å². The summed E-state index contributed by atoms with van der Waals surface area (Å²) < 4.78 is 0. The summed E-state index contributed by atoms with van der Waals surface area (Å²) in [7, 11) is -1.24. The zero-order valence-electron chi connectivity index (χ0n) is 10.4. The van der Waals surface area contributed by atoms with Crippen LogP contribution in [0.1, 0.15) is 14.3 Å². The van der Waals surface area contributed by atoms with Crippen molar-refractivity contribution < 1.29 is 31.0 Å². The average molecular weight is 212 g/mol. The molecule has 2 heteroatoms. The van der Waals surface area contributed by atoms with E-state index in [9.17, 15) is 0 Å². The second kappa shape index (κ2) is 4.80. The van der Waals surface area contributed by atoms with Crippen molar-refractivity contribution >= 4 is 8.07 Å². The van der Waals surface area contributed by atoms with Gasteiger partial charge in [0.2, 0.25) is 0 Å². The molecule has 0 saturated heterocycles. The number of rotatable bonds is 2. The molecule has 0 amide bonds. The van der Waals surface area contributed by atoms with E-state index in [-0.39, 0.29) is 31.0 Å². The van der Waals surface area contributed by atoms with Gasteiger partial charge in [0.05, 0.1) is 0 Å². The molecule has 2 aliphatic rings. The summed E-state index contributed by atoms with van der Waals surface area (Å²) in [5.74, 6) is 0. The molecule has 0 spiro atoms. The third kappa shape index (κ3) is 2.22. The van der Waals surface area contributed by atoms with Gasteiger partial charge in [-0.3, -0.25) is 0 Å². The van der Waals surface area contributed by atoms with Crippen LogP contribution in [0.15, 0.2) is 46.8 Å². The molecular formula is C12H17NaSi. The molecule has 0 N–H and O–H groups in total. The molecule has 0 fully saturated rings. The Bertz CT molecular complexity index is 306. The fourth-order valence-corrected chi connectivity index (χ4v) is 4.72. The Kier molecular flexibility index (Phi) is 4.20. The van der Waals surface area contributed by atoms with Crippen molar-refractivity contribution in [2.24, 2.45) is 0 Å². The van der Waals surface area contributed by atoms with Crippen LogP contribution in [0.5, 0.6) is 0 Å². The van der Waals surface area contributed by atoms with Crippen LogP contribution >= 0.6 is 0 Å². The van der Waals surface area contributed by atoms with Crippen molar-refractivity contribution in [1.82, 2.24) is 0 Å². The quantitative estimate of drug-likeness (QED) is 0.590. The summed E-state index contributed by atoms with van der Waals surface area (Å²) in [6.45, 7) is 4.93. The van der Waals surface area contributed by atoms with Crippen LogP contribution in [0, 0.1) is 0 Å². The van der Waals surface area contributed by atoms with Gasteiger partial charge in [0.25, 0.3) is 0 Å². The third-order valence-electron chi connectivity index (χ3n) is 3.15. The van der Waals surface area contributed by atoms with Crippen LogP contribution in [0.4, 0.5) is 0 Å². The molecule has 2 aliphatic carbocycles. The summed E-state index contributed by atoms with van der Waals surface area (Å²) in [4.78, 5) is 0. The molecular weight excluding hydrogens is 195 g/mol. The standard InChI is InChI=1S/C12H16Si.Na.H/c1-13(2,11-7-3-4-8-11)12-9-5-6-10-12;;/h3-7,9H,8,10H2,1-2H3;;/q;+1;-1. The fraction of sp³-hybridized carbons (Fsp3) is 0.333. The largest absolute Gasteiger partial charge is 1.00 e. The van der Waals surface area contributed by atoms with E-state index in [0.717, 1.165) is 0 Å². The van der Waals surface area contributed by atoms with Gasteiger partial charge in [-0.15, -0.1) is 0 Å². The van der Waals surface area contributed by atoms with Crippen molar-refractivity contribution in [1.29, 1.82) is 0 Å². The van der Waals surface area contributed by atoms with Crippen molar-refractivity contribution in [3.8, 4) is 0 Å². The Morgan fingerprint density at radius 1 is 1.00 bits per heavy atom. The number of hydrogen-bond acceptors (Lipinski definition) is 0. The van der Waals surface area contributed by atoms with Crippen LogP contribution in [0.25, 0.3) is 0 Å². The zero-order chi connectivity index (χ0) is 9.31. The molecule has 14 heavy (non-hydrogen) atoms. The zero-order valence-corrected chi connectivity index (χ0v) is 12.4. The van der Waals surface area contributed by atoms with Crippen LogP contribution in [0.3, 0.4) is 0 Å². The van der Waals surface area contributed by atoms with Crippen molar-refractivity contribution in [3.05, 3.63) is 46.8 Å². The van der Waals surface area contributed by atoms with Crippen LogP contribution in [0.2, 0.25) is 13.1 Å². The van der Waals surface area contributed by atoms with E-state index >= 15 is 0 Å². The molecule has 0 radical (unpaired) electrons. The molecule has 0 aromatic heterocycles.